The van der Waals surface area contributed by atoms with Gasteiger partial charge in [0.05, 0.1) is 6.07 Å². The smallest absolute Gasteiger partial charge is 0.251 e. The quantitative estimate of drug-likeness (QED) is 0.606. The maximum Gasteiger partial charge on any atom is 0.251 e. The van der Waals surface area contributed by atoms with Gasteiger partial charge in [-0.25, -0.2) is 4.98 Å². The second-order valence-electron chi connectivity index (χ2n) is 4.27. The number of hydrogen-bond acceptors (Lipinski definition) is 5. The van der Waals surface area contributed by atoms with Crippen LogP contribution in [0.5, 0.6) is 0 Å². The summed E-state index contributed by atoms with van der Waals surface area (Å²) in [4.78, 5) is 17.7. The molecule has 0 spiro atoms. The molecule has 2 N–H and O–H groups in total. The van der Waals surface area contributed by atoms with Gasteiger partial charge in [-0.3, -0.25) is 10.1 Å². The molecule has 0 saturated carbocycles. The molecule has 1 heterocycles. The summed E-state index contributed by atoms with van der Waals surface area (Å²) in [6.07, 6.45) is 1.46. The number of aromatic nitrogens is 2. The molecular formula is C11H16N4OS. The van der Waals surface area contributed by atoms with Crippen molar-refractivity contribution in [3.8, 4) is 6.07 Å². The largest absolute Gasteiger partial charge is 0.301 e. The highest BCUT2D eigenvalue weighted by atomic mass is 32.2. The zero-order valence-electron chi connectivity index (χ0n) is 10.2. The van der Waals surface area contributed by atoms with Crippen molar-refractivity contribution in [1.82, 2.24) is 15.3 Å². The molecule has 1 aromatic heterocycles. The minimum atomic E-state index is -0.632. The second kappa shape index (κ2) is 5.84. The van der Waals surface area contributed by atoms with E-state index in [-0.39, 0.29) is 11.6 Å². The fraction of sp³-hybridized carbons (Fsp3) is 0.545. The fourth-order valence-corrected chi connectivity index (χ4v) is 2.26. The van der Waals surface area contributed by atoms with Gasteiger partial charge in [-0.15, -0.1) is 0 Å². The third-order valence-corrected chi connectivity index (χ3v) is 3.20. The first-order valence-electron chi connectivity index (χ1n) is 5.32. The number of nitriles is 1. The zero-order chi connectivity index (χ0) is 12.9. The molecule has 0 aromatic carbocycles. The molecule has 0 amide bonds. The molecule has 0 saturated heterocycles. The Bertz CT molecular complexity index is 465. The van der Waals surface area contributed by atoms with Crippen LogP contribution in [0, 0.1) is 11.3 Å². The van der Waals surface area contributed by atoms with Crippen LogP contribution in [-0.2, 0) is 0 Å². The molecule has 17 heavy (non-hydrogen) atoms. The summed E-state index contributed by atoms with van der Waals surface area (Å²) in [6.45, 7) is 5.81. The molecule has 1 rings (SSSR count). The van der Waals surface area contributed by atoms with Gasteiger partial charge >= 0.3 is 0 Å². The van der Waals surface area contributed by atoms with Crippen molar-refractivity contribution in [2.24, 2.45) is 0 Å². The van der Waals surface area contributed by atoms with Gasteiger partial charge in [0.1, 0.15) is 5.54 Å². The Morgan fingerprint density at radius 1 is 1.71 bits per heavy atom. The van der Waals surface area contributed by atoms with Gasteiger partial charge in [-0.05, 0) is 20.8 Å². The summed E-state index contributed by atoms with van der Waals surface area (Å²) in [5, 5.41) is 12.9. The monoisotopic (exact) mass is 252 g/mol. The number of rotatable bonds is 5. The predicted octanol–water partition coefficient (Wildman–Crippen LogP) is 1.14. The van der Waals surface area contributed by atoms with E-state index in [4.69, 9.17) is 5.26 Å². The topological polar surface area (TPSA) is 81.6 Å². The van der Waals surface area contributed by atoms with E-state index < -0.39 is 5.54 Å². The predicted molar refractivity (Wildman–Crippen MR) is 67.9 cm³/mol. The van der Waals surface area contributed by atoms with Gasteiger partial charge in [0.2, 0.25) is 0 Å². The lowest BCUT2D eigenvalue weighted by molar-refractivity contribution is 0.443. The first-order chi connectivity index (χ1) is 7.95. The minimum Gasteiger partial charge on any atom is -0.301 e. The molecule has 1 atom stereocenters. The van der Waals surface area contributed by atoms with E-state index in [2.05, 4.69) is 21.4 Å². The second-order valence-corrected chi connectivity index (χ2v) is 5.23. The molecule has 1 aromatic rings. The Morgan fingerprint density at radius 2 is 2.41 bits per heavy atom. The summed E-state index contributed by atoms with van der Waals surface area (Å²) in [5.74, 6) is 0.522. The normalized spacial score (nSPS) is 14.3. The van der Waals surface area contributed by atoms with Gasteiger partial charge in [0.25, 0.3) is 5.56 Å². The highest BCUT2D eigenvalue weighted by Crippen LogP contribution is 2.18. The van der Waals surface area contributed by atoms with Crippen LogP contribution < -0.4 is 10.9 Å². The van der Waals surface area contributed by atoms with Crippen LogP contribution in [0.2, 0.25) is 0 Å². The third-order valence-electron chi connectivity index (χ3n) is 2.00. The van der Waals surface area contributed by atoms with Crippen molar-refractivity contribution in [3.05, 3.63) is 22.6 Å². The lowest BCUT2D eigenvalue weighted by Gasteiger charge is -2.25. The summed E-state index contributed by atoms with van der Waals surface area (Å²) >= 11 is 1.36. The van der Waals surface area contributed by atoms with E-state index in [0.29, 0.717) is 10.9 Å². The molecule has 0 bridgehead atoms. The third kappa shape index (κ3) is 4.59. The average molecular weight is 252 g/mol. The maximum absolute atomic E-state index is 11.1. The Morgan fingerprint density at radius 3 is 2.94 bits per heavy atom. The Hall–Kier alpha value is -1.32. The van der Waals surface area contributed by atoms with Crippen molar-refractivity contribution in [1.29, 1.82) is 5.26 Å². The minimum absolute atomic E-state index is 0.182. The zero-order valence-corrected chi connectivity index (χ0v) is 11.0. The lowest BCUT2D eigenvalue weighted by Crippen LogP contribution is -2.47. The maximum atomic E-state index is 11.1. The SMILES string of the molecule is CC(C)NC(C)(C#N)CSc1nccc(=O)[nH]1. The van der Waals surface area contributed by atoms with Crippen LogP contribution in [0.15, 0.2) is 22.2 Å². The molecule has 0 aliphatic rings. The van der Waals surface area contributed by atoms with Gasteiger partial charge in [0, 0.05) is 24.1 Å². The van der Waals surface area contributed by atoms with Gasteiger partial charge in [0.15, 0.2) is 5.16 Å². The van der Waals surface area contributed by atoms with Crippen molar-refractivity contribution in [2.45, 2.75) is 37.5 Å². The van der Waals surface area contributed by atoms with Crippen molar-refractivity contribution < 1.29 is 0 Å². The van der Waals surface area contributed by atoms with E-state index in [1.54, 1.807) is 0 Å². The number of aromatic amines is 1. The van der Waals surface area contributed by atoms with Gasteiger partial charge in [-0.2, -0.15) is 5.26 Å². The number of H-pyrrole nitrogens is 1. The van der Waals surface area contributed by atoms with Gasteiger partial charge in [-0.1, -0.05) is 11.8 Å². The van der Waals surface area contributed by atoms with Crippen LogP contribution >= 0.6 is 11.8 Å². The molecule has 92 valence electrons. The van der Waals surface area contributed by atoms with E-state index in [1.807, 2.05) is 20.8 Å². The molecule has 0 aliphatic carbocycles. The fourth-order valence-electron chi connectivity index (χ4n) is 1.38. The Kier molecular flexibility index (Phi) is 4.73. The molecule has 5 nitrogen and oxygen atoms in total. The number of nitrogens with one attached hydrogen (secondary N) is 2. The number of thioether (sulfide) groups is 1. The van der Waals surface area contributed by atoms with Crippen LogP contribution in [0.4, 0.5) is 0 Å². The molecule has 6 heteroatoms. The highest BCUT2D eigenvalue weighted by molar-refractivity contribution is 7.99. The summed E-state index contributed by atoms with van der Waals surface area (Å²) < 4.78 is 0. The first-order valence-corrected chi connectivity index (χ1v) is 6.31. The van der Waals surface area contributed by atoms with Crippen molar-refractivity contribution in [3.63, 3.8) is 0 Å². The standard InChI is InChI=1S/C11H16N4OS/c1-8(2)15-11(3,6-12)7-17-10-13-5-4-9(16)14-10/h4-5,8,15H,7H2,1-3H3,(H,13,14,16). The molecule has 0 radical (unpaired) electrons. The molecular weight excluding hydrogens is 236 g/mol. The number of nitrogens with zero attached hydrogens (tertiary/aromatic N) is 2. The first kappa shape index (κ1) is 13.7. The van der Waals surface area contributed by atoms with E-state index in [9.17, 15) is 4.79 Å². The van der Waals surface area contributed by atoms with Crippen LogP contribution in [-0.4, -0.2) is 27.3 Å². The highest BCUT2D eigenvalue weighted by Gasteiger charge is 2.24. The Labute approximate surface area is 105 Å². The van der Waals surface area contributed by atoms with Crippen molar-refractivity contribution in [2.75, 3.05) is 5.75 Å². The van der Waals surface area contributed by atoms with E-state index in [0.717, 1.165) is 0 Å². The summed E-state index contributed by atoms with van der Waals surface area (Å²) in [6, 6.07) is 3.83. The van der Waals surface area contributed by atoms with Crippen LogP contribution in [0.1, 0.15) is 20.8 Å². The van der Waals surface area contributed by atoms with Gasteiger partial charge < -0.3 is 4.98 Å². The molecule has 1 unspecified atom stereocenters. The van der Waals surface area contributed by atoms with Crippen molar-refractivity contribution >= 4 is 11.8 Å². The van der Waals surface area contributed by atoms with Crippen LogP contribution in [0.3, 0.4) is 0 Å². The lowest BCUT2D eigenvalue weighted by atomic mass is 10.1. The average Bonchev–Trinajstić information content (AvgIpc) is 2.26. The summed E-state index contributed by atoms with van der Waals surface area (Å²) in [7, 11) is 0. The van der Waals surface area contributed by atoms with Crippen LogP contribution in [0.25, 0.3) is 0 Å². The molecule has 0 aliphatic heterocycles. The van der Waals surface area contributed by atoms with E-state index >= 15 is 0 Å². The Balaban J connectivity index is 2.65. The summed E-state index contributed by atoms with van der Waals surface area (Å²) in [5.41, 5.74) is -0.814. The van der Waals surface area contributed by atoms with E-state index in [1.165, 1.54) is 24.0 Å². The molecule has 0 fully saturated rings. The number of hydrogen-bond donors (Lipinski definition) is 2.